The average Bonchev–Trinajstić information content (AvgIpc) is 2.34. The fourth-order valence-corrected chi connectivity index (χ4v) is 1.37. The van der Waals surface area contributed by atoms with Gasteiger partial charge in [-0.3, -0.25) is 0 Å². The van der Waals surface area contributed by atoms with E-state index in [0.29, 0.717) is 0 Å². The molecule has 1 aromatic carbocycles. The summed E-state index contributed by atoms with van der Waals surface area (Å²) < 4.78 is 0. The zero-order valence-electron chi connectivity index (χ0n) is 6.02. The monoisotopic (exact) mass is 129 g/mol. The zero-order valence-corrected chi connectivity index (χ0v) is 6.02. The van der Waals surface area contributed by atoms with Gasteiger partial charge >= 0.3 is 0 Å². The van der Waals surface area contributed by atoms with Crippen molar-refractivity contribution >= 4 is 5.57 Å². The summed E-state index contributed by atoms with van der Waals surface area (Å²) in [6.07, 6.45) is 3.32. The molecule has 0 saturated carbocycles. The molecule has 1 aromatic rings. The first-order valence-corrected chi connectivity index (χ1v) is 3.54. The number of rotatable bonds is 0. The van der Waals surface area contributed by atoms with E-state index in [0.717, 1.165) is 6.42 Å². The second-order valence-electron chi connectivity index (χ2n) is 2.65. The summed E-state index contributed by atoms with van der Waals surface area (Å²) in [5.41, 5.74) is 4.12. The van der Waals surface area contributed by atoms with Gasteiger partial charge in [-0.1, -0.05) is 24.3 Å². The van der Waals surface area contributed by atoms with Crippen LogP contribution in [0.25, 0.3) is 5.57 Å². The van der Waals surface area contributed by atoms with Gasteiger partial charge < -0.3 is 0 Å². The molecule has 0 N–H and O–H groups in total. The minimum Gasteiger partial charge on any atom is -0.0765 e. The molecule has 0 amide bonds. The standard InChI is InChI=1S/C10H9/c1-8-6-7-9-4-2-3-5-10(8)9/h2-3,5-6H,7H2,1H3. The highest BCUT2D eigenvalue weighted by molar-refractivity contribution is 5.70. The average molecular weight is 129 g/mol. The van der Waals surface area contributed by atoms with Gasteiger partial charge in [0.1, 0.15) is 0 Å². The number of fused-ring (bicyclic) bond motifs is 1. The highest BCUT2D eigenvalue weighted by atomic mass is 14.1. The maximum absolute atomic E-state index is 3.23. The summed E-state index contributed by atoms with van der Waals surface area (Å²) in [6, 6.07) is 9.41. The molecular weight excluding hydrogens is 120 g/mol. The van der Waals surface area contributed by atoms with Crippen molar-refractivity contribution in [1.82, 2.24) is 0 Å². The molecule has 0 heterocycles. The Kier molecular flexibility index (Phi) is 1.13. The van der Waals surface area contributed by atoms with Gasteiger partial charge in [-0.25, -0.2) is 0 Å². The van der Waals surface area contributed by atoms with Gasteiger partial charge in [0.15, 0.2) is 0 Å². The minimum atomic E-state index is 1.07. The molecule has 10 heavy (non-hydrogen) atoms. The minimum absolute atomic E-state index is 1.07. The molecule has 0 nitrogen and oxygen atoms in total. The van der Waals surface area contributed by atoms with Gasteiger partial charge in [0.25, 0.3) is 0 Å². The lowest BCUT2D eigenvalue weighted by Gasteiger charge is -1.96. The van der Waals surface area contributed by atoms with E-state index in [9.17, 15) is 0 Å². The molecule has 0 aromatic heterocycles. The third-order valence-electron chi connectivity index (χ3n) is 1.98. The highest BCUT2D eigenvalue weighted by Gasteiger charge is 2.07. The first-order chi connectivity index (χ1) is 4.88. The third-order valence-corrected chi connectivity index (χ3v) is 1.98. The predicted molar refractivity (Wildman–Crippen MR) is 42.6 cm³/mol. The van der Waals surface area contributed by atoms with Crippen LogP contribution in [0, 0.1) is 6.07 Å². The van der Waals surface area contributed by atoms with Gasteiger partial charge in [-0.15, -0.1) is 0 Å². The second kappa shape index (κ2) is 1.98. The highest BCUT2D eigenvalue weighted by Crippen LogP contribution is 2.25. The van der Waals surface area contributed by atoms with E-state index in [1.54, 1.807) is 0 Å². The summed E-state index contributed by atoms with van der Waals surface area (Å²) in [5.74, 6) is 0. The zero-order chi connectivity index (χ0) is 6.97. The normalized spacial score (nSPS) is 14.7. The maximum Gasteiger partial charge on any atom is -0.00793 e. The molecule has 0 spiro atoms. The largest absolute Gasteiger partial charge is 0.0765 e. The lowest BCUT2D eigenvalue weighted by Crippen LogP contribution is -1.80. The summed E-state index contributed by atoms with van der Waals surface area (Å²) in [4.78, 5) is 0. The van der Waals surface area contributed by atoms with E-state index < -0.39 is 0 Å². The number of hydrogen-bond donors (Lipinski definition) is 0. The number of hydrogen-bond acceptors (Lipinski definition) is 0. The van der Waals surface area contributed by atoms with Crippen molar-refractivity contribution in [3.63, 3.8) is 0 Å². The Hall–Kier alpha value is -1.04. The molecule has 0 aliphatic heterocycles. The van der Waals surface area contributed by atoms with Crippen molar-refractivity contribution in [2.75, 3.05) is 0 Å². The molecule has 2 rings (SSSR count). The van der Waals surface area contributed by atoms with Crippen LogP contribution in [0.15, 0.2) is 24.3 Å². The van der Waals surface area contributed by atoms with E-state index >= 15 is 0 Å². The summed E-state index contributed by atoms with van der Waals surface area (Å²) in [5, 5.41) is 0. The second-order valence-corrected chi connectivity index (χ2v) is 2.65. The Balaban J connectivity index is 2.61. The lowest BCUT2D eigenvalue weighted by atomic mass is 10.1. The van der Waals surface area contributed by atoms with Gasteiger partial charge in [0.2, 0.25) is 0 Å². The van der Waals surface area contributed by atoms with Crippen molar-refractivity contribution in [2.24, 2.45) is 0 Å². The van der Waals surface area contributed by atoms with Crippen molar-refractivity contribution in [2.45, 2.75) is 13.3 Å². The SMILES string of the molecule is CC1=CCc2[c]cccc21. The van der Waals surface area contributed by atoms with E-state index in [1.165, 1.54) is 16.7 Å². The molecule has 0 atom stereocenters. The summed E-state index contributed by atoms with van der Waals surface area (Å²) >= 11 is 0. The van der Waals surface area contributed by atoms with E-state index in [1.807, 2.05) is 12.1 Å². The first-order valence-electron chi connectivity index (χ1n) is 3.54. The Morgan fingerprint density at radius 2 is 2.40 bits per heavy atom. The van der Waals surface area contributed by atoms with Gasteiger partial charge in [-0.2, -0.15) is 0 Å². The van der Waals surface area contributed by atoms with Crippen molar-refractivity contribution in [3.8, 4) is 0 Å². The Labute approximate surface area is 61.2 Å². The Morgan fingerprint density at radius 1 is 1.50 bits per heavy atom. The smallest absolute Gasteiger partial charge is 0.00793 e. The first kappa shape index (κ1) is 5.72. The maximum atomic E-state index is 3.23. The van der Waals surface area contributed by atoms with Crippen LogP contribution in [-0.4, -0.2) is 0 Å². The van der Waals surface area contributed by atoms with E-state index in [4.69, 9.17) is 0 Å². The number of benzene rings is 1. The Bertz CT molecular complexity index is 282. The van der Waals surface area contributed by atoms with Crippen LogP contribution in [0.1, 0.15) is 18.1 Å². The molecule has 1 aliphatic carbocycles. The predicted octanol–water partition coefficient (Wildman–Crippen LogP) is 2.45. The quantitative estimate of drug-likeness (QED) is 0.504. The van der Waals surface area contributed by atoms with Crippen LogP contribution >= 0.6 is 0 Å². The molecule has 0 bridgehead atoms. The van der Waals surface area contributed by atoms with Crippen LogP contribution in [0.3, 0.4) is 0 Å². The summed E-state index contributed by atoms with van der Waals surface area (Å²) in [6.45, 7) is 2.15. The molecular formula is C10H9. The van der Waals surface area contributed by atoms with Gasteiger partial charge in [-0.05, 0) is 36.1 Å². The van der Waals surface area contributed by atoms with E-state index in [2.05, 4.69) is 25.1 Å². The molecule has 1 aliphatic rings. The van der Waals surface area contributed by atoms with Crippen molar-refractivity contribution in [3.05, 3.63) is 41.5 Å². The van der Waals surface area contributed by atoms with Crippen LogP contribution in [0.4, 0.5) is 0 Å². The fourth-order valence-electron chi connectivity index (χ4n) is 1.37. The van der Waals surface area contributed by atoms with Crippen molar-refractivity contribution < 1.29 is 0 Å². The molecule has 0 unspecified atom stereocenters. The summed E-state index contributed by atoms with van der Waals surface area (Å²) in [7, 11) is 0. The van der Waals surface area contributed by atoms with Gasteiger partial charge in [0.05, 0.1) is 0 Å². The molecule has 0 fully saturated rings. The molecule has 1 radical (unpaired) electrons. The van der Waals surface area contributed by atoms with Crippen LogP contribution in [-0.2, 0) is 6.42 Å². The third kappa shape index (κ3) is 0.688. The topological polar surface area (TPSA) is 0 Å². The lowest BCUT2D eigenvalue weighted by molar-refractivity contribution is 1.30. The van der Waals surface area contributed by atoms with Crippen LogP contribution in [0.5, 0.6) is 0 Å². The van der Waals surface area contributed by atoms with Crippen LogP contribution in [0.2, 0.25) is 0 Å². The van der Waals surface area contributed by atoms with Gasteiger partial charge in [0, 0.05) is 0 Å². The molecule has 0 heteroatoms. The number of allylic oxidation sites excluding steroid dienone is 2. The molecule has 49 valence electrons. The fraction of sp³-hybridized carbons (Fsp3) is 0.200. The van der Waals surface area contributed by atoms with E-state index in [-0.39, 0.29) is 0 Å². The van der Waals surface area contributed by atoms with Crippen molar-refractivity contribution in [1.29, 1.82) is 0 Å². The Morgan fingerprint density at radius 3 is 3.20 bits per heavy atom. The molecule has 0 saturated heterocycles. The van der Waals surface area contributed by atoms with Crippen LogP contribution < -0.4 is 0 Å².